The van der Waals surface area contributed by atoms with Gasteiger partial charge in [-0.1, -0.05) is 29.8 Å². The molecule has 5 heteroatoms. The topological polar surface area (TPSA) is 32.3 Å². The zero-order chi connectivity index (χ0) is 15.0. The van der Waals surface area contributed by atoms with Crippen LogP contribution in [0.3, 0.4) is 0 Å². The number of rotatable bonds is 2. The van der Waals surface area contributed by atoms with Crippen molar-refractivity contribution < 1.29 is 4.79 Å². The predicted molar refractivity (Wildman–Crippen MR) is 89.7 cm³/mol. The molecule has 3 nitrogen and oxygen atoms in total. The molecule has 0 aliphatic carbocycles. The summed E-state index contributed by atoms with van der Waals surface area (Å²) in [5.41, 5.74) is 4.17. The van der Waals surface area contributed by atoms with Gasteiger partial charge in [0.25, 0.3) is 0 Å². The van der Waals surface area contributed by atoms with Crippen LogP contribution in [0.5, 0.6) is 0 Å². The van der Waals surface area contributed by atoms with Crippen molar-refractivity contribution in [2.24, 2.45) is 0 Å². The number of amides is 1. The quantitative estimate of drug-likeness (QED) is 0.860. The van der Waals surface area contributed by atoms with Crippen LogP contribution in [0.2, 0.25) is 5.02 Å². The minimum Gasteiger partial charge on any atom is -0.309 e. The van der Waals surface area contributed by atoms with E-state index in [1.807, 2.05) is 49.4 Å². The molecule has 1 saturated heterocycles. The third kappa shape index (κ3) is 2.77. The number of benzene rings is 2. The number of carbonyl (C=O) groups is 1. The van der Waals surface area contributed by atoms with Gasteiger partial charge in [0.1, 0.15) is 6.54 Å². The van der Waals surface area contributed by atoms with E-state index in [1.165, 1.54) is 0 Å². The van der Waals surface area contributed by atoms with Crippen LogP contribution in [0.25, 0.3) is 11.1 Å². The first kappa shape index (κ1) is 14.0. The molecule has 1 heterocycles. The SMILES string of the molecule is Cc1ccc(Cl)cc1-c1cccc(N2CC(=O)NC2=S)c1. The molecule has 0 unspecified atom stereocenters. The van der Waals surface area contributed by atoms with Crippen LogP contribution >= 0.6 is 23.8 Å². The summed E-state index contributed by atoms with van der Waals surface area (Å²) < 4.78 is 0. The molecule has 0 bridgehead atoms. The number of hydrogen-bond donors (Lipinski definition) is 1. The summed E-state index contributed by atoms with van der Waals surface area (Å²) in [6.45, 7) is 2.31. The highest BCUT2D eigenvalue weighted by Gasteiger charge is 2.24. The lowest BCUT2D eigenvalue weighted by atomic mass is 10.00. The minimum absolute atomic E-state index is 0.0793. The summed E-state index contributed by atoms with van der Waals surface area (Å²) in [7, 11) is 0. The summed E-state index contributed by atoms with van der Waals surface area (Å²) in [6.07, 6.45) is 0. The Hall–Kier alpha value is -1.91. The van der Waals surface area contributed by atoms with Crippen molar-refractivity contribution in [2.45, 2.75) is 6.92 Å². The minimum atomic E-state index is -0.0793. The van der Waals surface area contributed by atoms with E-state index in [4.69, 9.17) is 23.8 Å². The van der Waals surface area contributed by atoms with E-state index in [0.29, 0.717) is 10.1 Å². The van der Waals surface area contributed by atoms with Crippen molar-refractivity contribution in [3.05, 3.63) is 53.1 Å². The number of nitrogens with one attached hydrogen (secondary N) is 1. The molecule has 1 aliphatic rings. The van der Waals surface area contributed by atoms with E-state index in [9.17, 15) is 4.79 Å². The summed E-state index contributed by atoms with van der Waals surface area (Å²) in [6, 6.07) is 13.8. The van der Waals surface area contributed by atoms with E-state index < -0.39 is 0 Å². The Labute approximate surface area is 133 Å². The van der Waals surface area contributed by atoms with Crippen molar-refractivity contribution in [3.8, 4) is 11.1 Å². The van der Waals surface area contributed by atoms with Gasteiger partial charge in [-0.15, -0.1) is 0 Å². The van der Waals surface area contributed by atoms with Crippen molar-refractivity contribution in [1.29, 1.82) is 0 Å². The third-order valence-electron chi connectivity index (χ3n) is 3.46. The molecule has 106 valence electrons. The second-order valence-electron chi connectivity index (χ2n) is 4.95. The Kier molecular flexibility index (Phi) is 3.66. The number of hydrogen-bond acceptors (Lipinski definition) is 2. The first-order chi connectivity index (χ1) is 10.0. The Bertz CT molecular complexity index is 745. The molecular formula is C16H13ClN2OS. The van der Waals surface area contributed by atoms with Crippen LogP contribution in [0.4, 0.5) is 5.69 Å². The lowest BCUT2D eigenvalue weighted by Gasteiger charge is -2.17. The summed E-state index contributed by atoms with van der Waals surface area (Å²) in [4.78, 5) is 13.2. The number of aryl methyl sites for hydroxylation is 1. The Morgan fingerprint density at radius 3 is 2.76 bits per heavy atom. The molecule has 0 radical (unpaired) electrons. The van der Waals surface area contributed by atoms with Crippen molar-refractivity contribution in [1.82, 2.24) is 5.32 Å². The Morgan fingerprint density at radius 1 is 1.24 bits per heavy atom. The van der Waals surface area contributed by atoms with Crippen LogP contribution in [-0.2, 0) is 4.79 Å². The molecule has 1 aliphatic heterocycles. The fourth-order valence-corrected chi connectivity index (χ4v) is 2.85. The smallest absolute Gasteiger partial charge is 0.246 e. The summed E-state index contributed by atoms with van der Waals surface area (Å²) in [5, 5.41) is 3.79. The molecule has 21 heavy (non-hydrogen) atoms. The van der Waals surface area contributed by atoms with Crippen LogP contribution < -0.4 is 10.2 Å². The van der Waals surface area contributed by atoms with Gasteiger partial charge in [-0.2, -0.15) is 0 Å². The lowest BCUT2D eigenvalue weighted by Crippen LogP contribution is -2.27. The van der Waals surface area contributed by atoms with E-state index in [2.05, 4.69) is 5.32 Å². The maximum Gasteiger partial charge on any atom is 0.246 e. The largest absolute Gasteiger partial charge is 0.309 e. The number of carbonyl (C=O) groups excluding carboxylic acids is 1. The van der Waals surface area contributed by atoms with Crippen molar-refractivity contribution >= 4 is 40.5 Å². The fourth-order valence-electron chi connectivity index (χ4n) is 2.40. The third-order valence-corrected chi connectivity index (χ3v) is 4.02. The second-order valence-corrected chi connectivity index (χ2v) is 5.77. The number of thiocarbonyl (C=S) groups is 1. The molecule has 2 aromatic carbocycles. The maximum absolute atomic E-state index is 11.4. The average Bonchev–Trinajstić information content (AvgIpc) is 2.80. The number of halogens is 1. The van der Waals surface area contributed by atoms with Crippen LogP contribution in [0.15, 0.2) is 42.5 Å². The zero-order valence-electron chi connectivity index (χ0n) is 11.4. The average molecular weight is 317 g/mol. The normalized spacial score (nSPS) is 14.5. The molecule has 1 fully saturated rings. The van der Waals surface area contributed by atoms with Gasteiger partial charge < -0.3 is 10.2 Å². The van der Waals surface area contributed by atoms with Crippen molar-refractivity contribution in [3.63, 3.8) is 0 Å². The molecule has 0 aromatic heterocycles. The summed E-state index contributed by atoms with van der Waals surface area (Å²) >= 11 is 11.3. The van der Waals surface area contributed by atoms with Gasteiger partial charge in [0.2, 0.25) is 5.91 Å². The molecular weight excluding hydrogens is 304 g/mol. The molecule has 0 saturated carbocycles. The van der Waals surface area contributed by atoms with Gasteiger partial charge >= 0.3 is 0 Å². The van der Waals surface area contributed by atoms with Gasteiger partial charge in [-0.3, -0.25) is 4.79 Å². The fraction of sp³-hybridized carbons (Fsp3) is 0.125. The predicted octanol–water partition coefficient (Wildman–Crippen LogP) is 3.54. The molecule has 1 N–H and O–H groups in total. The highest BCUT2D eigenvalue weighted by atomic mass is 35.5. The molecule has 1 amide bonds. The van der Waals surface area contributed by atoms with E-state index in [0.717, 1.165) is 22.4 Å². The van der Waals surface area contributed by atoms with Gasteiger partial charge in [-0.25, -0.2) is 0 Å². The number of anilines is 1. The first-order valence-electron chi connectivity index (χ1n) is 6.52. The van der Waals surface area contributed by atoms with Gasteiger partial charge in [0, 0.05) is 10.7 Å². The van der Waals surface area contributed by atoms with Gasteiger partial charge in [-0.05, 0) is 60.1 Å². The monoisotopic (exact) mass is 316 g/mol. The highest BCUT2D eigenvalue weighted by molar-refractivity contribution is 7.80. The second kappa shape index (κ2) is 5.47. The maximum atomic E-state index is 11.4. The van der Waals surface area contributed by atoms with Crippen LogP contribution in [-0.4, -0.2) is 17.6 Å². The number of nitrogens with zero attached hydrogens (tertiary/aromatic N) is 1. The van der Waals surface area contributed by atoms with Crippen molar-refractivity contribution in [2.75, 3.05) is 11.4 Å². The Morgan fingerprint density at radius 2 is 2.05 bits per heavy atom. The van der Waals surface area contributed by atoms with Gasteiger partial charge in [0.15, 0.2) is 5.11 Å². The van der Waals surface area contributed by atoms with E-state index >= 15 is 0 Å². The van der Waals surface area contributed by atoms with E-state index in [-0.39, 0.29) is 12.5 Å². The molecule has 2 aromatic rings. The molecule has 0 atom stereocenters. The van der Waals surface area contributed by atoms with E-state index in [1.54, 1.807) is 4.90 Å². The van der Waals surface area contributed by atoms with Crippen LogP contribution in [0.1, 0.15) is 5.56 Å². The van der Waals surface area contributed by atoms with Gasteiger partial charge in [0.05, 0.1) is 0 Å². The zero-order valence-corrected chi connectivity index (χ0v) is 13.0. The Balaban J connectivity index is 2.02. The first-order valence-corrected chi connectivity index (χ1v) is 7.31. The van der Waals surface area contributed by atoms with Crippen LogP contribution in [0, 0.1) is 6.92 Å². The highest BCUT2D eigenvalue weighted by Crippen LogP contribution is 2.30. The standard InChI is InChI=1S/C16H13ClN2OS/c1-10-5-6-12(17)8-14(10)11-3-2-4-13(7-11)19-9-15(20)18-16(19)21/h2-8H,9H2,1H3,(H,18,20,21). The molecule has 3 rings (SSSR count). The molecule has 0 spiro atoms. The summed E-state index contributed by atoms with van der Waals surface area (Å²) in [5.74, 6) is -0.0793. The lowest BCUT2D eigenvalue weighted by molar-refractivity contribution is -0.117.